The van der Waals surface area contributed by atoms with E-state index in [4.69, 9.17) is 4.74 Å². The highest BCUT2D eigenvalue weighted by Crippen LogP contribution is 2.23. The Morgan fingerprint density at radius 1 is 1.46 bits per heavy atom. The molecule has 0 aliphatic heterocycles. The van der Waals surface area contributed by atoms with Gasteiger partial charge in [-0.1, -0.05) is 44.0 Å². The highest BCUT2D eigenvalue weighted by Gasteiger charge is 1.97. The van der Waals surface area contributed by atoms with Crippen LogP contribution in [0.5, 0.6) is 5.75 Å². The normalized spacial score (nSPS) is 10.7. The van der Waals surface area contributed by atoms with Crippen LogP contribution in [0.2, 0.25) is 0 Å². The fraction of sp³-hybridized carbons (Fsp3) is 0.200. The lowest BCUT2D eigenvalue weighted by atomic mass is 10.2. The molecule has 0 aromatic heterocycles. The van der Waals surface area contributed by atoms with Crippen LogP contribution in [0.15, 0.2) is 28.7 Å². The summed E-state index contributed by atoms with van der Waals surface area (Å²) in [6.45, 7) is 0. The second-order valence-electron chi connectivity index (χ2n) is 2.44. The Kier molecular flexibility index (Phi) is 4.53. The van der Waals surface area contributed by atoms with Gasteiger partial charge in [-0.3, -0.25) is 0 Å². The molecule has 0 bridgehead atoms. The number of benzene rings is 1. The van der Waals surface area contributed by atoms with E-state index in [9.17, 15) is 0 Å². The molecule has 0 saturated heterocycles. The van der Waals surface area contributed by atoms with Crippen molar-refractivity contribution < 1.29 is 4.74 Å². The summed E-state index contributed by atoms with van der Waals surface area (Å²) in [5.41, 5.74) is 1.12. The van der Waals surface area contributed by atoms with Gasteiger partial charge in [0.25, 0.3) is 0 Å². The number of hydrogen-bond donors (Lipinski definition) is 0. The van der Waals surface area contributed by atoms with Gasteiger partial charge in [-0.2, -0.15) is 0 Å². The Morgan fingerprint density at radius 3 is 2.85 bits per heavy atom. The molecule has 0 radical (unpaired) electrons. The van der Waals surface area contributed by atoms with Gasteiger partial charge < -0.3 is 4.74 Å². The summed E-state index contributed by atoms with van der Waals surface area (Å²) in [5, 5.41) is 0.858. The highest BCUT2D eigenvalue weighted by molar-refractivity contribution is 9.10. The first-order valence-corrected chi connectivity index (χ1v) is 5.75. The van der Waals surface area contributed by atoms with E-state index in [1.54, 1.807) is 7.11 Å². The Morgan fingerprint density at radius 2 is 2.23 bits per heavy atom. The van der Waals surface area contributed by atoms with Crippen molar-refractivity contribution in [2.45, 2.75) is 0 Å². The summed E-state index contributed by atoms with van der Waals surface area (Å²) in [4.78, 5) is 0. The van der Waals surface area contributed by atoms with Crippen molar-refractivity contribution in [3.63, 3.8) is 0 Å². The fourth-order valence-corrected chi connectivity index (χ4v) is 1.51. The fourth-order valence-electron chi connectivity index (χ4n) is 0.948. The molecule has 0 spiro atoms. The lowest BCUT2D eigenvalue weighted by molar-refractivity contribution is 0.414. The number of rotatable bonds is 3. The predicted molar refractivity (Wildman–Crippen MR) is 63.5 cm³/mol. The van der Waals surface area contributed by atoms with E-state index in [0.717, 1.165) is 21.1 Å². The van der Waals surface area contributed by atoms with E-state index < -0.39 is 0 Å². The smallest absolute Gasteiger partial charge is 0.119 e. The molecule has 70 valence electrons. The van der Waals surface area contributed by atoms with Gasteiger partial charge in [0, 0.05) is 9.80 Å². The minimum Gasteiger partial charge on any atom is -0.497 e. The van der Waals surface area contributed by atoms with Gasteiger partial charge in [0.2, 0.25) is 0 Å². The summed E-state index contributed by atoms with van der Waals surface area (Å²) in [6.07, 6.45) is 4.08. The van der Waals surface area contributed by atoms with Gasteiger partial charge in [-0.25, -0.2) is 0 Å². The number of alkyl halides is 1. The summed E-state index contributed by atoms with van der Waals surface area (Å²) in [7, 11) is 1.67. The topological polar surface area (TPSA) is 9.23 Å². The largest absolute Gasteiger partial charge is 0.497 e. The van der Waals surface area contributed by atoms with E-state index in [0.29, 0.717) is 0 Å². The van der Waals surface area contributed by atoms with Crippen molar-refractivity contribution in [3.8, 4) is 5.75 Å². The van der Waals surface area contributed by atoms with Crippen molar-refractivity contribution in [1.82, 2.24) is 0 Å². The van der Waals surface area contributed by atoms with Crippen LogP contribution in [0.25, 0.3) is 6.08 Å². The number of ether oxygens (including phenoxy) is 1. The molecular formula is C10H10Br2O. The van der Waals surface area contributed by atoms with Crippen LogP contribution >= 0.6 is 31.9 Å². The second kappa shape index (κ2) is 5.45. The van der Waals surface area contributed by atoms with E-state index >= 15 is 0 Å². The SMILES string of the molecule is COc1ccc(Br)c(/C=C/CBr)c1. The zero-order chi connectivity index (χ0) is 9.68. The molecule has 0 heterocycles. The van der Waals surface area contributed by atoms with Crippen molar-refractivity contribution in [2.24, 2.45) is 0 Å². The van der Waals surface area contributed by atoms with E-state index in [-0.39, 0.29) is 0 Å². The van der Waals surface area contributed by atoms with Crippen LogP contribution < -0.4 is 4.74 Å². The monoisotopic (exact) mass is 304 g/mol. The Hall–Kier alpha value is -0.280. The first-order chi connectivity index (χ1) is 6.27. The number of hydrogen-bond acceptors (Lipinski definition) is 1. The summed E-state index contributed by atoms with van der Waals surface area (Å²) in [6, 6.07) is 5.89. The van der Waals surface area contributed by atoms with Gasteiger partial charge in [-0.15, -0.1) is 0 Å². The van der Waals surface area contributed by atoms with Gasteiger partial charge in [0.1, 0.15) is 5.75 Å². The molecule has 1 aromatic carbocycles. The second-order valence-corrected chi connectivity index (χ2v) is 3.95. The van der Waals surface area contributed by atoms with Crippen LogP contribution in [-0.4, -0.2) is 12.4 Å². The predicted octanol–water partition coefficient (Wildman–Crippen LogP) is 3.87. The standard InChI is InChI=1S/C10H10Br2O/c1-13-9-4-5-10(12)8(7-9)3-2-6-11/h2-5,7H,6H2,1H3/b3-2+. The molecular weight excluding hydrogens is 296 g/mol. The molecule has 0 saturated carbocycles. The Balaban J connectivity index is 2.97. The summed E-state index contributed by atoms with van der Waals surface area (Å²) >= 11 is 6.80. The molecule has 1 aromatic rings. The first-order valence-electron chi connectivity index (χ1n) is 3.84. The molecule has 0 amide bonds. The maximum Gasteiger partial charge on any atom is 0.119 e. The Labute approximate surface area is 95.1 Å². The molecule has 3 heteroatoms. The maximum absolute atomic E-state index is 5.12. The molecule has 1 rings (SSSR count). The number of allylic oxidation sites excluding steroid dienone is 1. The average molecular weight is 306 g/mol. The molecule has 0 N–H and O–H groups in total. The molecule has 0 fully saturated rings. The van der Waals surface area contributed by atoms with E-state index in [2.05, 4.69) is 31.9 Å². The third-order valence-electron chi connectivity index (χ3n) is 1.59. The van der Waals surface area contributed by atoms with Crippen molar-refractivity contribution >= 4 is 37.9 Å². The number of methoxy groups -OCH3 is 1. The maximum atomic E-state index is 5.12. The Bertz CT molecular complexity index is 308. The van der Waals surface area contributed by atoms with Crippen LogP contribution in [0.4, 0.5) is 0 Å². The van der Waals surface area contributed by atoms with Gasteiger partial charge in [0.15, 0.2) is 0 Å². The molecule has 0 unspecified atom stereocenters. The summed E-state index contributed by atoms with van der Waals surface area (Å²) < 4.78 is 6.20. The van der Waals surface area contributed by atoms with Crippen LogP contribution in [0, 0.1) is 0 Å². The summed E-state index contributed by atoms with van der Waals surface area (Å²) in [5.74, 6) is 0.873. The molecule has 0 aliphatic carbocycles. The van der Waals surface area contributed by atoms with Crippen molar-refractivity contribution in [1.29, 1.82) is 0 Å². The lowest BCUT2D eigenvalue weighted by Crippen LogP contribution is -1.83. The molecule has 0 aliphatic rings. The minimum atomic E-state index is 0.858. The zero-order valence-corrected chi connectivity index (χ0v) is 10.4. The van der Waals surface area contributed by atoms with Crippen molar-refractivity contribution in [3.05, 3.63) is 34.3 Å². The van der Waals surface area contributed by atoms with Crippen molar-refractivity contribution in [2.75, 3.05) is 12.4 Å². The zero-order valence-electron chi connectivity index (χ0n) is 7.26. The molecule has 0 atom stereocenters. The molecule has 1 nitrogen and oxygen atoms in total. The van der Waals surface area contributed by atoms with Crippen LogP contribution in [0.1, 0.15) is 5.56 Å². The van der Waals surface area contributed by atoms with E-state index in [1.807, 2.05) is 30.4 Å². The number of halogens is 2. The lowest BCUT2D eigenvalue weighted by Gasteiger charge is -2.02. The average Bonchev–Trinajstić information content (AvgIpc) is 2.17. The van der Waals surface area contributed by atoms with Gasteiger partial charge >= 0.3 is 0 Å². The quantitative estimate of drug-likeness (QED) is 0.770. The van der Waals surface area contributed by atoms with Crippen LogP contribution in [0.3, 0.4) is 0 Å². The van der Waals surface area contributed by atoms with Gasteiger partial charge in [-0.05, 0) is 23.8 Å². The highest BCUT2D eigenvalue weighted by atomic mass is 79.9. The molecule has 13 heavy (non-hydrogen) atoms. The minimum absolute atomic E-state index is 0.858. The first kappa shape index (κ1) is 10.8. The van der Waals surface area contributed by atoms with Crippen LogP contribution in [-0.2, 0) is 0 Å². The van der Waals surface area contributed by atoms with E-state index in [1.165, 1.54) is 0 Å². The third-order valence-corrected chi connectivity index (χ3v) is 2.69. The third kappa shape index (κ3) is 3.16. The van der Waals surface area contributed by atoms with Gasteiger partial charge in [0.05, 0.1) is 7.11 Å².